The number of nitrogens with zero attached hydrogens (tertiary/aromatic N) is 3. The van der Waals surface area contributed by atoms with Crippen molar-refractivity contribution in [3.63, 3.8) is 0 Å². The van der Waals surface area contributed by atoms with Gasteiger partial charge in [-0.15, -0.1) is 11.3 Å². The van der Waals surface area contributed by atoms with Crippen LogP contribution in [-0.2, 0) is 13.0 Å². The first-order valence-electron chi connectivity index (χ1n) is 10.8. The number of carbonyl (C=O) groups is 1. The number of hydrogen-bond acceptors (Lipinski definition) is 4. The third kappa shape index (κ3) is 3.62. The van der Waals surface area contributed by atoms with Crippen LogP contribution in [0.1, 0.15) is 71.1 Å². The minimum absolute atomic E-state index is 0.0976. The summed E-state index contributed by atoms with van der Waals surface area (Å²) in [6.07, 6.45) is 8.91. The molecule has 5 heteroatoms. The minimum Gasteiger partial charge on any atom is -0.333 e. The number of hydrogen-bond donors (Lipinski definition) is 0. The van der Waals surface area contributed by atoms with Gasteiger partial charge in [-0.3, -0.25) is 4.79 Å². The third-order valence-electron chi connectivity index (χ3n) is 6.88. The fraction of sp³-hybridized carbons (Fsp3) is 0.565. The van der Waals surface area contributed by atoms with Crippen LogP contribution in [0.2, 0.25) is 0 Å². The summed E-state index contributed by atoms with van der Waals surface area (Å²) in [6, 6.07) is 9.29. The number of carbonyl (C=O) groups excluding carboxylic acids is 1. The number of amides is 1. The summed E-state index contributed by atoms with van der Waals surface area (Å²) in [6.45, 7) is 3.90. The largest absolute Gasteiger partial charge is 0.333 e. The van der Waals surface area contributed by atoms with E-state index in [4.69, 9.17) is 4.98 Å². The van der Waals surface area contributed by atoms with Gasteiger partial charge in [-0.25, -0.2) is 4.98 Å². The van der Waals surface area contributed by atoms with Crippen molar-refractivity contribution >= 4 is 17.2 Å². The summed E-state index contributed by atoms with van der Waals surface area (Å²) in [4.78, 5) is 22.5. The summed E-state index contributed by atoms with van der Waals surface area (Å²) in [7, 11) is 0. The highest BCUT2D eigenvalue weighted by Gasteiger charge is 2.30. The molecule has 0 spiro atoms. The van der Waals surface area contributed by atoms with Crippen LogP contribution >= 0.6 is 11.3 Å². The zero-order chi connectivity index (χ0) is 18.9. The maximum absolute atomic E-state index is 13.0. The number of likely N-dealkylation sites (tertiary alicyclic amines) is 1. The molecule has 1 aromatic heterocycles. The molecule has 1 aromatic carbocycles. The molecule has 3 aliphatic rings. The quantitative estimate of drug-likeness (QED) is 0.770. The van der Waals surface area contributed by atoms with Gasteiger partial charge < -0.3 is 9.80 Å². The fourth-order valence-corrected chi connectivity index (χ4v) is 6.15. The Balaban J connectivity index is 1.21. The molecule has 0 bridgehead atoms. The number of aromatic nitrogens is 1. The van der Waals surface area contributed by atoms with E-state index in [0.29, 0.717) is 18.2 Å². The lowest BCUT2D eigenvalue weighted by atomic mass is 9.96. The Morgan fingerprint density at radius 1 is 1.00 bits per heavy atom. The molecule has 1 saturated heterocycles. The summed E-state index contributed by atoms with van der Waals surface area (Å²) >= 11 is 1.69. The fourth-order valence-electron chi connectivity index (χ4n) is 5.19. The molecule has 2 aliphatic heterocycles. The van der Waals surface area contributed by atoms with E-state index in [1.54, 1.807) is 11.3 Å². The lowest BCUT2D eigenvalue weighted by Crippen LogP contribution is -2.39. The van der Waals surface area contributed by atoms with Crippen molar-refractivity contribution in [1.82, 2.24) is 14.8 Å². The van der Waals surface area contributed by atoms with Crippen LogP contribution in [0, 0.1) is 0 Å². The van der Waals surface area contributed by atoms with Crippen molar-refractivity contribution in [3.8, 4) is 0 Å². The van der Waals surface area contributed by atoms with Gasteiger partial charge in [0.15, 0.2) is 0 Å². The van der Waals surface area contributed by atoms with Gasteiger partial charge in [0.25, 0.3) is 5.91 Å². The SMILES string of the molecule is O=C(c1csc(C2CCN(C3CCCC3)CC2)n1)N1CCc2ccccc2C1. The van der Waals surface area contributed by atoms with Gasteiger partial charge in [0.2, 0.25) is 0 Å². The highest BCUT2D eigenvalue weighted by molar-refractivity contribution is 7.09. The molecule has 1 saturated carbocycles. The maximum Gasteiger partial charge on any atom is 0.273 e. The van der Waals surface area contributed by atoms with Crippen LogP contribution in [0.4, 0.5) is 0 Å². The van der Waals surface area contributed by atoms with Crippen LogP contribution in [0.3, 0.4) is 0 Å². The van der Waals surface area contributed by atoms with E-state index in [2.05, 4.69) is 29.2 Å². The van der Waals surface area contributed by atoms with Crippen LogP contribution in [-0.4, -0.2) is 46.4 Å². The van der Waals surface area contributed by atoms with Gasteiger partial charge in [-0.05, 0) is 56.3 Å². The van der Waals surface area contributed by atoms with Gasteiger partial charge in [0.05, 0.1) is 5.01 Å². The van der Waals surface area contributed by atoms with Gasteiger partial charge in [-0.1, -0.05) is 37.1 Å². The Hall–Kier alpha value is -1.72. The predicted octanol–water partition coefficient (Wildman–Crippen LogP) is 4.46. The molecule has 0 N–H and O–H groups in total. The second-order valence-corrected chi connectivity index (χ2v) is 9.45. The average Bonchev–Trinajstić information content (AvgIpc) is 3.45. The van der Waals surface area contributed by atoms with Crippen molar-refractivity contribution in [3.05, 3.63) is 51.5 Å². The molecule has 0 unspecified atom stereocenters. The van der Waals surface area contributed by atoms with E-state index in [1.807, 2.05) is 10.3 Å². The van der Waals surface area contributed by atoms with E-state index in [9.17, 15) is 4.79 Å². The van der Waals surface area contributed by atoms with Gasteiger partial charge in [0.1, 0.15) is 5.69 Å². The molecule has 4 nitrogen and oxygen atoms in total. The highest BCUT2D eigenvalue weighted by Crippen LogP contribution is 2.34. The smallest absolute Gasteiger partial charge is 0.273 e. The first-order valence-corrected chi connectivity index (χ1v) is 11.7. The average molecular weight is 396 g/mol. The van der Waals surface area contributed by atoms with Crippen molar-refractivity contribution in [2.75, 3.05) is 19.6 Å². The van der Waals surface area contributed by atoms with E-state index in [0.717, 1.165) is 19.0 Å². The lowest BCUT2D eigenvalue weighted by Gasteiger charge is -2.35. The molecule has 148 valence electrons. The van der Waals surface area contributed by atoms with Crippen LogP contribution in [0.5, 0.6) is 0 Å². The van der Waals surface area contributed by atoms with Crippen LogP contribution in [0.25, 0.3) is 0 Å². The Morgan fingerprint density at radius 3 is 2.54 bits per heavy atom. The number of benzene rings is 1. The molecule has 0 radical (unpaired) electrons. The standard InChI is InChI=1S/C23H29N3OS/c27-23(26-14-9-17-5-1-2-6-19(17)15-26)21-16-28-22(24-21)18-10-12-25(13-11-18)20-7-3-4-8-20/h1-2,5-6,16,18,20H,3-4,7-15H2. The van der Waals surface area contributed by atoms with Gasteiger partial charge in [0, 0.05) is 30.4 Å². The van der Waals surface area contributed by atoms with Crippen LogP contribution in [0.15, 0.2) is 29.6 Å². The monoisotopic (exact) mass is 395 g/mol. The number of fused-ring (bicyclic) bond motifs is 1. The Kier molecular flexibility index (Phi) is 5.20. The van der Waals surface area contributed by atoms with Crippen molar-refractivity contribution in [2.45, 2.75) is 63.5 Å². The second-order valence-electron chi connectivity index (χ2n) is 8.56. The zero-order valence-corrected chi connectivity index (χ0v) is 17.3. The molecule has 2 fully saturated rings. The lowest BCUT2D eigenvalue weighted by molar-refractivity contribution is 0.0729. The second kappa shape index (κ2) is 7.96. The minimum atomic E-state index is 0.0976. The topological polar surface area (TPSA) is 36.4 Å². The summed E-state index contributed by atoms with van der Waals surface area (Å²) in [5.41, 5.74) is 3.30. The summed E-state index contributed by atoms with van der Waals surface area (Å²) in [5.74, 6) is 0.631. The first-order chi connectivity index (χ1) is 13.8. The first kappa shape index (κ1) is 18.3. The molecule has 5 rings (SSSR count). The van der Waals surface area contributed by atoms with Crippen LogP contribution < -0.4 is 0 Å². The molecule has 28 heavy (non-hydrogen) atoms. The molecular formula is C23H29N3OS. The van der Waals surface area contributed by atoms with E-state index in [1.165, 1.54) is 67.7 Å². The maximum atomic E-state index is 13.0. The molecule has 0 atom stereocenters. The van der Waals surface area contributed by atoms with Gasteiger partial charge >= 0.3 is 0 Å². The molecule has 1 aliphatic carbocycles. The Bertz CT molecular complexity index is 834. The Labute approximate surface area is 171 Å². The number of piperidine rings is 1. The molecule has 1 amide bonds. The van der Waals surface area contributed by atoms with Crippen molar-refractivity contribution in [1.29, 1.82) is 0 Å². The predicted molar refractivity (Wildman–Crippen MR) is 113 cm³/mol. The van der Waals surface area contributed by atoms with Gasteiger partial charge in [-0.2, -0.15) is 0 Å². The number of rotatable bonds is 3. The molecule has 2 aromatic rings. The summed E-state index contributed by atoms with van der Waals surface area (Å²) in [5, 5.41) is 3.16. The van der Waals surface area contributed by atoms with E-state index < -0.39 is 0 Å². The van der Waals surface area contributed by atoms with Crippen molar-refractivity contribution in [2.24, 2.45) is 0 Å². The van der Waals surface area contributed by atoms with Crippen molar-refractivity contribution < 1.29 is 4.79 Å². The summed E-state index contributed by atoms with van der Waals surface area (Å²) < 4.78 is 0. The molecular weight excluding hydrogens is 366 g/mol. The Morgan fingerprint density at radius 2 is 1.75 bits per heavy atom. The third-order valence-corrected chi connectivity index (χ3v) is 7.89. The highest BCUT2D eigenvalue weighted by atomic mass is 32.1. The molecule has 3 heterocycles. The zero-order valence-electron chi connectivity index (χ0n) is 16.5. The van der Waals surface area contributed by atoms with E-state index >= 15 is 0 Å². The van der Waals surface area contributed by atoms with E-state index in [-0.39, 0.29) is 5.91 Å². The normalized spacial score (nSPS) is 21.8. The number of thiazole rings is 1.